The normalized spacial score (nSPS) is 26.6. The maximum absolute atomic E-state index is 2.48. The van der Waals surface area contributed by atoms with Gasteiger partial charge in [0.25, 0.3) is 0 Å². The Bertz CT molecular complexity index is 157. The fourth-order valence-corrected chi connectivity index (χ4v) is 3.07. The van der Waals surface area contributed by atoms with Crippen LogP contribution in [0, 0.1) is 11.8 Å². The summed E-state index contributed by atoms with van der Waals surface area (Å²) in [5.41, 5.74) is 0. The van der Waals surface area contributed by atoms with Gasteiger partial charge >= 0.3 is 0 Å². The zero-order valence-corrected chi connectivity index (χ0v) is 10.4. The average molecular weight is 226 g/mol. The number of likely N-dealkylation sites (tertiary alicyclic amines) is 2. The lowest BCUT2D eigenvalue weighted by Gasteiger charge is -2.34. The summed E-state index contributed by atoms with van der Waals surface area (Å²) in [6.07, 6.45) is 7.30. The lowest BCUT2D eigenvalue weighted by atomic mass is 9.83. The van der Waals surface area contributed by atoms with E-state index in [9.17, 15) is 0 Å². The smallest absolute Gasteiger partial charge is 0.00191 e. The SMILES string of the molecule is C.CN1CCC(CC2CCN(C)CC2)CC1. The van der Waals surface area contributed by atoms with E-state index in [0.717, 1.165) is 11.8 Å². The molecule has 2 nitrogen and oxygen atoms in total. The molecule has 2 fully saturated rings. The van der Waals surface area contributed by atoms with Gasteiger partial charge in [-0.25, -0.2) is 0 Å². The Morgan fingerprint density at radius 2 is 1.06 bits per heavy atom. The Balaban J connectivity index is 0.00000128. The average Bonchev–Trinajstić information content (AvgIpc) is 2.25. The van der Waals surface area contributed by atoms with Crippen LogP contribution in [-0.4, -0.2) is 50.1 Å². The molecule has 2 heteroatoms. The van der Waals surface area contributed by atoms with Gasteiger partial charge in [-0.3, -0.25) is 0 Å². The van der Waals surface area contributed by atoms with Crippen LogP contribution in [0.2, 0.25) is 0 Å². The summed E-state index contributed by atoms with van der Waals surface area (Å²) in [6.45, 7) is 5.32. The molecule has 0 bridgehead atoms. The molecule has 2 rings (SSSR count). The maximum atomic E-state index is 2.48. The van der Waals surface area contributed by atoms with Crippen LogP contribution >= 0.6 is 0 Å². The van der Waals surface area contributed by atoms with Crippen molar-refractivity contribution in [3.8, 4) is 0 Å². The van der Waals surface area contributed by atoms with Crippen molar-refractivity contribution in [3.05, 3.63) is 0 Å². The van der Waals surface area contributed by atoms with E-state index in [1.807, 2.05) is 0 Å². The van der Waals surface area contributed by atoms with Gasteiger partial charge in [0.15, 0.2) is 0 Å². The monoisotopic (exact) mass is 226 g/mol. The summed E-state index contributed by atoms with van der Waals surface area (Å²) < 4.78 is 0. The second kappa shape index (κ2) is 6.61. The molecule has 0 radical (unpaired) electrons. The van der Waals surface area contributed by atoms with Gasteiger partial charge in [0.2, 0.25) is 0 Å². The first-order valence-corrected chi connectivity index (χ1v) is 6.61. The fourth-order valence-electron chi connectivity index (χ4n) is 3.07. The van der Waals surface area contributed by atoms with Crippen LogP contribution in [0.15, 0.2) is 0 Å². The summed E-state index contributed by atoms with van der Waals surface area (Å²) in [5.74, 6) is 2.07. The molecule has 16 heavy (non-hydrogen) atoms. The van der Waals surface area contributed by atoms with E-state index in [4.69, 9.17) is 0 Å². The van der Waals surface area contributed by atoms with E-state index in [1.165, 1.54) is 58.3 Å². The third kappa shape index (κ3) is 4.06. The van der Waals surface area contributed by atoms with E-state index in [1.54, 1.807) is 0 Å². The highest BCUT2D eigenvalue weighted by atomic mass is 15.1. The highest BCUT2D eigenvalue weighted by Crippen LogP contribution is 2.29. The number of piperidine rings is 2. The summed E-state index contributed by atoms with van der Waals surface area (Å²) in [4.78, 5) is 4.95. The van der Waals surface area contributed by atoms with Gasteiger partial charge in [0.05, 0.1) is 0 Å². The highest BCUT2D eigenvalue weighted by Gasteiger charge is 2.23. The molecule has 2 saturated heterocycles. The van der Waals surface area contributed by atoms with E-state index in [2.05, 4.69) is 23.9 Å². The molecule has 0 atom stereocenters. The van der Waals surface area contributed by atoms with Crippen molar-refractivity contribution >= 4 is 0 Å². The van der Waals surface area contributed by atoms with Crippen molar-refractivity contribution in [1.82, 2.24) is 9.80 Å². The van der Waals surface area contributed by atoms with E-state index < -0.39 is 0 Å². The molecule has 0 saturated carbocycles. The van der Waals surface area contributed by atoms with Crippen LogP contribution in [0.5, 0.6) is 0 Å². The topological polar surface area (TPSA) is 6.48 Å². The number of rotatable bonds is 2. The Hall–Kier alpha value is -0.0800. The Morgan fingerprint density at radius 3 is 1.38 bits per heavy atom. The third-order valence-corrected chi connectivity index (χ3v) is 4.34. The van der Waals surface area contributed by atoms with E-state index in [-0.39, 0.29) is 7.43 Å². The van der Waals surface area contributed by atoms with Crippen molar-refractivity contribution in [2.45, 2.75) is 39.5 Å². The molecule has 2 aliphatic heterocycles. The summed E-state index contributed by atoms with van der Waals surface area (Å²) in [7, 11) is 4.51. The molecule has 0 aromatic carbocycles. The molecule has 0 unspecified atom stereocenters. The van der Waals surface area contributed by atoms with Crippen molar-refractivity contribution in [3.63, 3.8) is 0 Å². The van der Waals surface area contributed by atoms with Gasteiger partial charge in [-0.05, 0) is 84.2 Å². The first kappa shape index (κ1) is 14.0. The Morgan fingerprint density at radius 1 is 0.750 bits per heavy atom. The molecule has 0 aromatic heterocycles. The van der Waals surface area contributed by atoms with Crippen molar-refractivity contribution in [2.24, 2.45) is 11.8 Å². The lowest BCUT2D eigenvalue weighted by molar-refractivity contribution is 0.156. The zero-order valence-electron chi connectivity index (χ0n) is 10.4. The second-order valence-corrected chi connectivity index (χ2v) is 5.73. The standard InChI is InChI=1S/C13H26N2.CH4/c1-14-7-3-12(4-8-14)11-13-5-9-15(2)10-6-13;/h12-13H,3-11H2,1-2H3;1H4. The molecular weight excluding hydrogens is 196 g/mol. The van der Waals surface area contributed by atoms with Crippen LogP contribution in [0.25, 0.3) is 0 Å². The molecule has 2 aliphatic rings. The van der Waals surface area contributed by atoms with Crippen molar-refractivity contribution in [1.29, 1.82) is 0 Å². The van der Waals surface area contributed by atoms with E-state index in [0.29, 0.717) is 0 Å². The minimum atomic E-state index is 0. The lowest BCUT2D eigenvalue weighted by Crippen LogP contribution is -2.34. The third-order valence-electron chi connectivity index (χ3n) is 4.34. The minimum absolute atomic E-state index is 0. The number of hydrogen-bond acceptors (Lipinski definition) is 2. The van der Waals surface area contributed by atoms with E-state index >= 15 is 0 Å². The first-order valence-electron chi connectivity index (χ1n) is 6.61. The summed E-state index contributed by atoms with van der Waals surface area (Å²) in [5, 5.41) is 0. The quantitative estimate of drug-likeness (QED) is 0.714. The largest absolute Gasteiger partial charge is 0.306 e. The molecule has 0 spiro atoms. The van der Waals surface area contributed by atoms with Gasteiger partial charge in [0, 0.05) is 0 Å². The minimum Gasteiger partial charge on any atom is -0.306 e. The fraction of sp³-hybridized carbons (Fsp3) is 1.00. The molecule has 2 heterocycles. The summed E-state index contributed by atoms with van der Waals surface area (Å²) >= 11 is 0. The number of hydrogen-bond donors (Lipinski definition) is 0. The van der Waals surface area contributed by atoms with Crippen LogP contribution in [-0.2, 0) is 0 Å². The second-order valence-electron chi connectivity index (χ2n) is 5.73. The van der Waals surface area contributed by atoms with Crippen LogP contribution < -0.4 is 0 Å². The van der Waals surface area contributed by atoms with Crippen LogP contribution in [0.4, 0.5) is 0 Å². The van der Waals surface area contributed by atoms with Gasteiger partial charge in [-0.1, -0.05) is 7.43 Å². The van der Waals surface area contributed by atoms with Gasteiger partial charge in [0.1, 0.15) is 0 Å². The molecule has 96 valence electrons. The Kier molecular flexibility index (Phi) is 5.77. The number of nitrogens with zero attached hydrogens (tertiary/aromatic N) is 2. The predicted octanol–water partition coefficient (Wildman–Crippen LogP) is 2.70. The highest BCUT2D eigenvalue weighted by molar-refractivity contribution is 4.76. The summed E-state index contributed by atoms with van der Waals surface area (Å²) in [6, 6.07) is 0. The Labute approximate surface area is 102 Å². The predicted molar refractivity (Wildman–Crippen MR) is 71.8 cm³/mol. The molecule has 0 amide bonds. The van der Waals surface area contributed by atoms with Crippen molar-refractivity contribution < 1.29 is 0 Å². The first-order chi connectivity index (χ1) is 7.24. The van der Waals surface area contributed by atoms with Gasteiger partial charge in [-0.15, -0.1) is 0 Å². The van der Waals surface area contributed by atoms with Gasteiger partial charge < -0.3 is 9.80 Å². The van der Waals surface area contributed by atoms with Crippen LogP contribution in [0.3, 0.4) is 0 Å². The van der Waals surface area contributed by atoms with Crippen molar-refractivity contribution in [2.75, 3.05) is 40.3 Å². The molecular formula is C14H30N2. The zero-order chi connectivity index (χ0) is 10.7. The van der Waals surface area contributed by atoms with Gasteiger partial charge in [-0.2, -0.15) is 0 Å². The molecule has 0 aliphatic carbocycles. The molecule has 0 N–H and O–H groups in total. The molecule has 0 aromatic rings. The van der Waals surface area contributed by atoms with Crippen LogP contribution in [0.1, 0.15) is 39.5 Å². The maximum Gasteiger partial charge on any atom is -0.00191 e.